The number of carbonyl (C=O) groups is 1. The van der Waals surface area contributed by atoms with Crippen LogP contribution in [0.3, 0.4) is 0 Å². The summed E-state index contributed by atoms with van der Waals surface area (Å²) in [7, 11) is -4.96. The van der Waals surface area contributed by atoms with Gasteiger partial charge in [-0.3, -0.25) is 4.52 Å². The summed E-state index contributed by atoms with van der Waals surface area (Å²) < 4.78 is 30.6. The fraction of sp³-hybridized carbons (Fsp3) is 0.929. The molecule has 31 heavy (non-hydrogen) atoms. The van der Waals surface area contributed by atoms with Crippen LogP contribution in [-0.2, 0) is 28.1 Å². The number of ether oxygens (including phenoxy) is 3. The Bertz CT molecular complexity index is 676. The van der Waals surface area contributed by atoms with E-state index in [2.05, 4.69) is 4.52 Å². The second-order valence-corrected chi connectivity index (χ2v) is 8.42. The molecular formula is C14H26NO15P. The molecule has 0 spiro atoms. The second-order valence-electron chi connectivity index (χ2n) is 7.18. The molecule has 2 rings (SSSR count). The summed E-state index contributed by atoms with van der Waals surface area (Å²) >= 11 is 0. The first-order chi connectivity index (χ1) is 14.2. The zero-order valence-corrected chi connectivity index (χ0v) is 16.7. The van der Waals surface area contributed by atoms with Crippen LogP contribution < -0.4 is 5.73 Å². The van der Waals surface area contributed by atoms with Crippen molar-refractivity contribution < 1.29 is 73.6 Å². The van der Waals surface area contributed by atoms with Crippen LogP contribution in [0.25, 0.3) is 0 Å². The van der Waals surface area contributed by atoms with Gasteiger partial charge < -0.3 is 65.5 Å². The molecule has 0 aromatic rings. The van der Waals surface area contributed by atoms with Crippen molar-refractivity contribution in [2.75, 3.05) is 13.2 Å². The van der Waals surface area contributed by atoms with Crippen LogP contribution in [0.5, 0.6) is 0 Å². The molecule has 182 valence electrons. The third kappa shape index (κ3) is 6.16. The molecule has 1 unspecified atom stereocenters. The minimum atomic E-state index is -4.96. The number of phosphoric acid groups is 1. The molecule has 17 heteroatoms. The summed E-state index contributed by atoms with van der Waals surface area (Å²) in [6.45, 7) is -1.85. The molecule has 0 saturated carbocycles. The van der Waals surface area contributed by atoms with E-state index in [9.17, 15) is 40.0 Å². The third-order valence-electron chi connectivity index (χ3n) is 4.89. The maximum Gasteiger partial charge on any atom is 0.469 e. The number of hydrogen-bond donors (Lipinski definition) is 10. The van der Waals surface area contributed by atoms with Crippen LogP contribution in [0.2, 0.25) is 0 Å². The first-order valence-electron chi connectivity index (χ1n) is 8.93. The van der Waals surface area contributed by atoms with Gasteiger partial charge in [-0.2, -0.15) is 0 Å². The predicted molar refractivity (Wildman–Crippen MR) is 92.7 cm³/mol. The number of carboxylic acid groups (broad SMARTS) is 1. The molecule has 2 aliphatic rings. The lowest BCUT2D eigenvalue weighted by atomic mass is 9.92. The van der Waals surface area contributed by atoms with E-state index in [0.29, 0.717) is 0 Å². The maximum absolute atomic E-state index is 11.4. The zero-order chi connectivity index (χ0) is 23.7. The van der Waals surface area contributed by atoms with Crippen molar-refractivity contribution in [1.29, 1.82) is 0 Å². The summed E-state index contributed by atoms with van der Waals surface area (Å²) in [6, 6.07) is -1.49. The first kappa shape index (κ1) is 26.4. The van der Waals surface area contributed by atoms with Gasteiger partial charge in [0.1, 0.15) is 36.6 Å². The van der Waals surface area contributed by atoms with E-state index in [4.69, 9.17) is 34.8 Å². The number of carboxylic acids is 1. The predicted octanol–water partition coefficient (Wildman–Crippen LogP) is -5.47. The molecule has 2 fully saturated rings. The lowest BCUT2D eigenvalue weighted by molar-refractivity contribution is -0.342. The lowest BCUT2D eigenvalue weighted by Gasteiger charge is -2.46. The largest absolute Gasteiger partial charge is 0.477 e. The molecule has 10 atom stereocenters. The number of aliphatic carboxylic acids is 1. The van der Waals surface area contributed by atoms with Crippen molar-refractivity contribution in [3.8, 4) is 0 Å². The third-order valence-corrected chi connectivity index (χ3v) is 5.38. The maximum atomic E-state index is 11.4. The van der Waals surface area contributed by atoms with Gasteiger partial charge in [0.15, 0.2) is 6.29 Å². The van der Waals surface area contributed by atoms with Crippen LogP contribution in [0.4, 0.5) is 0 Å². The van der Waals surface area contributed by atoms with E-state index in [1.54, 1.807) is 0 Å². The minimum Gasteiger partial charge on any atom is -0.477 e. The van der Waals surface area contributed by atoms with E-state index in [1.807, 2.05) is 0 Å². The standard InChI is InChI=1S/C14H26NO15P/c15-7-10(20)8(18)6(3-27-31(24,25)26)29-12(7)28-5-1-14(23,13(21)22)30-11(9(5)19)4(17)2-16/h4-12,16-20,23H,1-3,15H2,(H,21,22)(H2,24,25,26)/t4-,5-,6-,7-,8-,9-,10-,11-,12+,14?/m1/s1. The Kier molecular flexibility index (Phi) is 8.51. The normalized spacial score (nSPS) is 42.9. The number of aliphatic hydroxyl groups is 6. The van der Waals surface area contributed by atoms with Crippen molar-refractivity contribution in [3.63, 3.8) is 0 Å². The number of hydrogen-bond acceptors (Lipinski definition) is 13. The van der Waals surface area contributed by atoms with Crippen molar-refractivity contribution in [1.82, 2.24) is 0 Å². The highest BCUT2D eigenvalue weighted by Gasteiger charge is 2.55. The van der Waals surface area contributed by atoms with Gasteiger partial charge in [0, 0.05) is 6.42 Å². The average Bonchev–Trinajstić information content (AvgIpc) is 2.68. The number of rotatable bonds is 8. The molecule has 16 nitrogen and oxygen atoms in total. The molecule has 0 radical (unpaired) electrons. The highest BCUT2D eigenvalue weighted by molar-refractivity contribution is 7.46. The smallest absolute Gasteiger partial charge is 0.469 e. The van der Waals surface area contributed by atoms with Crippen LogP contribution in [-0.4, -0.2) is 126 Å². The quantitative estimate of drug-likeness (QED) is 0.145. The van der Waals surface area contributed by atoms with Crippen LogP contribution >= 0.6 is 7.82 Å². The van der Waals surface area contributed by atoms with Gasteiger partial charge in [-0.25, -0.2) is 9.36 Å². The molecule has 0 aromatic carbocycles. The Balaban J connectivity index is 2.21. The summed E-state index contributed by atoms with van der Waals surface area (Å²) in [5.74, 6) is -4.83. The number of aliphatic hydroxyl groups excluding tert-OH is 5. The van der Waals surface area contributed by atoms with Gasteiger partial charge in [0.2, 0.25) is 0 Å². The summed E-state index contributed by atoms with van der Waals surface area (Å²) in [5, 5.41) is 68.8. The lowest BCUT2D eigenvalue weighted by Crippen LogP contribution is -2.66. The van der Waals surface area contributed by atoms with E-state index in [1.165, 1.54) is 0 Å². The molecule has 2 aliphatic heterocycles. The molecule has 0 amide bonds. The Hall–Kier alpha value is -0.820. The topological polar surface area (TPSA) is 279 Å². The Labute approximate surface area is 174 Å². The van der Waals surface area contributed by atoms with E-state index >= 15 is 0 Å². The summed E-state index contributed by atoms with van der Waals surface area (Å²) in [5.41, 5.74) is 5.73. The SMILES string of the molecule is N[C@H]1[C@@H](O[C@@H]2CC(O)(C(=O)O)O[C@H]([C@H](O)CO)[C@@H]2O)O[C@H](COP(=O)(O)O)[C@@H](O)[C@@H]1O. The molecule has 2 saturated heterocycles. The van der Waals surface area contributed by atoms with Gasteiger partial charge in [-0.1, -0.05) is 0 Å². The minimum absolute atomic E-state index is 0.893. The van der Waals surface area contributed by atoms with Crippen LogP contribution in [0, 0.1) is 0 Å². The van der Waals surface area contributed by atoms with Crippen molar-refractivity contribution >= 4 is 13.8 Å². The molecule has 0 bridgehead atoms. The Morgan fingerprint density at radius 1 is 1.23 bits per heavy atom. The second kappa shape index (κ2) is 9.98. The highest BCUT2D eigenvalue weighted by atomic mass is 31.2. The Morgan fingerprint density at radius 3 is 2.35 bits per heavy atom. The summed E-state index contributed by atoms with van der Waals surface area (Å²) in [6.07, 6.45) is -14.7. The van der Waals surface area contributed by atoms with Gasteiger partial charge in [-0.05, 0) is 0 Å². The van der Waals surface area contributed by atoms with Crippen LogP contribution in [0.15, 0.2) is 0 Å². The number of phosphoric ester groups is 1. The molecule has 2 heterocycles. The van der Waals surface area contributed by atoms with E-state index in [-0.39, 0.29) is 0 Å². The fourth-order valence-corrected chi connectivity index (χ4v) is 3.52. The molecular weight excluding hydrogens is 453 g/mol. The highest BCUT2D eigenvalue weighted by Crippen LogP contribution is 2.37. The van der Waals surface area contributed by atoms with Gasteiger partial charge >= 0.3 is 13.8 Å². The van der Waals surface area contributed by atoms with Gasteiger partial charge in [-0.15, -0.1) is 0 Å². The molecule has 11 N–H and O–H groups in total. The molecule has 0 aliphatic carbocycles. The van der Waals surface area contributed by atoms with Crippen LogP contribution in [0.1, 0.15) is 6.42 Å². The monoisotopic (exact) mass is 479 g/mol. The first-order valence-corrected chi connectivity index (χ1v) is 10.5. The van der Waals surface area contributed by atoms with Crippen molar-refractivity contribution in [2.45, 2.75) is 67.3 Å². The number of nitrogens with two attached hydrogens (primary N) is 1. The van der Waals surface area contributed by atoms with Gasteiger partial charge in [0.05, 0.1) is 25.4 Å². The summed E-state index contributed by atoms with van der Waals surface area (Å²) in [4.78, 5) is 29.0. The van der Waals surface area contributed by atoms with E-state index in [0.717, 1.165) is 0 Å². The van der Waals surface area contributed by atoms with Gasteiger partial charge in [0.25, 0.3) is 5.79 Å². The molecule has 0 aromatic heterocycles. The van der Waals surface area contributed by atoms with Crippen molar-refractivity contribution in [2.24, 2.45) is 5.73 Å². The van der Waals surface area contributed by atoms with E-state index < -0.39 is 94.3 Å². The van der Waals surface area contributed by atoms with Crippen molar-refractivity contribution in [3.05, 3.63) is 0 Å². The zero-order valence-electron chi connectivity index (χ0n) is 15.8. The Morgan fingerprint density at radius 2 is 1.84 bits per heavy atom. The fourth-order valence-electron chi connectivity index (χ4n) is 3.18. The average molecular weight is 479 g/mol.